The molecule has 30 heavy (non-hydrogen) atoms. The number of nitrogens with one attached hydrogen (secondary N) is 1. The second-order valence-corrected chi connectivity index (χ2v) is 6.94. The van der Waals surface area contributed by atoms with Crippen molar-refractivity contribution in [2.45, 2.75) is 6.54 Å². The van der Waals surface area contributed by atoms with Crippen LogP contribution in [-0.2, 0) is 6.54 Å². The molecule has 2 aromatic carbocycles. The number of halogens is 1. The molecule has 4 aromatic rings. The maximum atomic E-state index is 11.8. The van der Waals surface area contributed by atoms with Crippen molar-refractivity contribution in [3.05, 3.63) is 97.2 Å². The normalized spacial score (nSPS) is 11.4. The molecule has 2 heterocycles. The Bertz CT molecular complexity index is 1360. The van der Waals surface area contributed by atoms with Crippen LogP contribution in [0.3, 0.4) is 0 Å². The molecule has 4 rings (SSSR count). The number of fused-ring (bicyclic) bond motifs is 1. The number of nitro groups is 1. The second kappa shape index (κ2) is 7.84. The highest BCUT2D eigenvalue weighted by Crippen LogP contribution is 2.26. The molecular weight excluding hydrogens is 408 g/mol. The van der Waals surface area contributed by atoms with Crippen LogP contribution in [0.15, 0.2) is 59.5 Å². The standard InChI is InChI=1S/C21H15ClN4O4/c22-16-7-3-1-5-14(16)12-25-11-13(15-6-2-4-8-17(15)25)9-10-18-23-20(27)19(26(29)30)21(28)24-18/h1-11H,12H2,(H2,23,24,27,28)/b10-9-. The van der Waals surface area contributed by atoms with E-state index in [0.717, 1.165) is 22.0 Å². The van der Waals surface area contributed by atoms with Crippen LogP contribution >= 0.6 is 11.6 Å². The second-order valence-electron chi connectivity index (χ2n) is 6.53. The van der Waals surface area contributed by atoms with Crippen LogP contribution in [-0.4, -0.2) is 24.6 Å². The van der Waals surface area contributed by atoms with E-state index in [2.05, 4.69) is 14.5 Å². The van der Waals surface area contributed by atoms with Crippen molar-refractivity contribution in [1.29, 1.82) is 0 Å². The zero-order valence-corrected chi connectivity index (χ0v) is 16.2. The number of hydrogen-bond acceptors (Lipinski definition) is 5. The first-order chi connectivity index (χ1) is 14.4. The molecule has 0 amide bonds. The van der Waals surface area contributed by atoms with Gasteiger partial charge in [-0.05, 0) is 29.8 Å². The molecule has 0 aliphatic carbocycles. The largest absolute Gasteiger partial charge is 0.488 e. The topological polar surface area (TPSA) is 114 Å². The van der Waals surface area contributed by atoms with Gasteiger partial charge in [0.15, 0.2) is 0 Å². The third-order valence-corrected chi connectivity index (χ3v) is 4.98. The van der Waals surface area contributed by atoms with Crippen molar-refractivity contribution < 1.29 is 10.0 Å². The molecule has 0 unspecified atom stereocenters. The lowest BCUT2D eigenvalue weighted by molar-refractivity contribution is -0.387. The summed E-state index contributed by atoms with van der Waals surface area (Å²) in [6.45, 7) is 0.571. The predicted octanol–water partition coefficient (Wildman–Crippen LogP) is 4.21. The summed E-state index contributed by atoms with van der Waals surface area (Å²) in [5, 5.41) is 22.1. The lowest BCUT2D eigenvalue weighted by atomic mass is 10.1. The average Bonchev–Trinajstić information content (AvgIpc) is 3.05. The molecule has 0 saturated carbocycles. The summed E-state index contributed by atoms with van der Waals surface area (Å²) in [6, 6.07) is 15.4. The summed E-state index contributed by atoms with van der Waals surface area (Å²) >= 11 is 6.30. The predicted molar refractivity (Wildman–Crippen MR) is 115 cm³/mol. The van der Waals surface area contributed by atoms with Crippen LogP contribution in [0.2, 0.25) is 5.02 Å². The molecule has 0 saturated heterocycles. The number of para-hydroxylation sites is 1. The number of H-pyrrole nitrogens is 1. The van der Waals surface area contributed by atoms with Gasteiger partial charge in [-0.3, -0.25) is 14.9 Å². The van der Waals surface area contributed by atoms with Gasteiger partial charge in [0.05, 0.1) is 4.92 Å². The molecule has 0 atom stereocenters. The fourth-order valence-corrected chi connectivity index (χ4v) is 3.43. The van der Waals surface area contributed by atoms with Gasteiger partial charge in [0.1, 0.15) is 5.82 Å². The van der Waals surface area contributed by atoms with Crippen molar-refractivity contribution in [3.8, 4) is 5.88 Å². The lowest BCUT2D eigenvalue weighted by Crippen LogP contribution is -2.14. The van der Waals surface area contributed by atoms with Crippen molar-refractivity contribution >= 4 is 40.3 Å². The molecule has 9 heteroatoms. The van der Waals surface area contributed by atoms with E-state index < -0.39 is 22.0 Å². The third-order valence-electron chi connectivity index (χ3n) is 4.62. The first kappa shape index (κ1) is 19.4. The van der Waals surface area contributed by atoms with Gasteiger partial charge in [-0.25, -0.2) is 0 Å². The fraction of sp³-hybridized carbons (Fsp3) is 0.0476. The summed E-state index contributed by atoms with van der Waals surface area (Å²) in [5.74, 6) is -0.921. The van der Waals surface area contributed by atoms with E-state index >= 15 is 0 Å². The number of nitrogens with zero attached hydrogens (tertiary/aromatic N) is 3. The highest BCUT2D eigenvalue weighted by atomic mass is 35.5. The molecular formula is C21H15ClN4O4. The molecule has 2 N–H and O–H groups in total. The van der Waals surface area contributed by atoms with Gasteiger partial charge >= 0.3 is 11.2 Å². The first-order valence-corrected chi connectivity index (χ1v) is 9.29. The van der Waals surface area contributed by atoms with Gasteiger partial charge < -0.3 is 14.7 Å². The molecule has 0 aliphatic rings. The summed E-state index contributed by atoms with van der Waals surface area (Å²) in [5.41, 5.74) is 0.807. The maximum Gasteiger partial charge on any atom is 0.395 e. The Balaban J connectivity index is 1.73. The SMILES string of the molecule is O=c1[nH]c(/C=C\c2cn(Cc3ccccc3Cl)c3ccccc23)nc(O)c1[N+](=O)[O-]. The van der Waals surface area contributed by atoms with Gasteiger partial charge in [-0.2, -0.15) is 4.98 Å². The van der Waals surface area contributed by atoms with Crippen molar-refractivity contribution in [2.75, 3.05) is 0 Å². The van der Waals surface area contributed by atoms with Crippen molar-refractivity contribution in [3.63, 3.8) is 0 Å². The van der Waals surface area contributed by atoms with Crippen LogP contribution in [0.25, 0.3) is 23.1 Å². The highest BCUT2D eigenvalue weighted by molar-refractivity contribution is 6.31. The number of aromatic nitrogens is 3. The number of aromatic amines is 1. The molecule has 0 aliphatic heterocycles. The maximum absolute atomic E-state index is 11.8. The van der Waals surface area contributed by atoms with Crippen LogP contribution in [0.1, 0.15) is 17.0 Å². The van der Waals surface area contributed by atoms with Crippen LogP contribution < -0.4 is 5.56 Å². The Labute approximate surface area is 174 Å². The molecule has 8 nitrogen and oxygen atoms in total. The average molecular weight is 423 g/mol. The summed E-state index contributed by atoms with van der Waals surface area (Å²) in [6.07, 6.45) is 5.13. The van der Waals surface area contributed by atoms with E-state index in [1.54, 1.807) is 6.08 Å². The van der Waals surface area contributed by atoms with E-state index in [0.29, 0.717) is 11.6 Å². The number of rotatable bonds is 5. The van der Waals surface area contributed by atoms with E-state index in [1.165, 1.54) is 6.08 Å². The van der Waals surface area contributed by atoms with Gasteiger partial charge in [-0.1, -0.05) is 48.0 Å². The smallest absolute Gasteiger partial charge is 0.395 e. The van der Waals surface area contributed by atoms with Gasteiger partial charge in [0.25, 0.3) is 5.88 Å². The first-order valence-electron chi connectivity index (χ1n) is 8.91. The molecule has 150 valence electrons. The lowest BCUT2D eigenvalue weighted by Gasteiger charge is -2.07. The fourth-order valence-electron chi connectivity index (χ4n) is 3.23. The van der Waals surface area contributed by atoms with Crippen LogP contribution in [0.5, 0.6) is 5.88 Å². The van der Waals surface area contributed by atoms with E-state index in [-0.39, 0.29) is 5.82 Å². The Morgan fingerprint density at radius 1 is 1.17 bits per heavy atom. The Hall–Kier alpha value is -3.91. The van der Waals surface area contributed by atoms with Crippen molar-refractivity contribution in [1.82, 2.24) is 14.5 Å². The zero-order valence-electron chi connectivity index (χ0n) is 15.4. The minimum atomic E-state index is -1.02. The highest BCUT2D eigenvalue weighted by Gasteiger charge is 2.21. The van der Waals surface area contributed by atoms with Crippen molar-refractivity contribution in [2.24, 2.45) is 0 Å². The number of benzene rings is 2. The minimum absolute atomic E-state index is 0.00559. The summed E-state index contributed by atoms with van der Waals surface area (Å²) in [4.78, 5) is 27.6. The van der Waals surface area contributed by atoms with E-state index in [1.807, 2.05) is 54.7 Å². The molecule has 0 spiro atoms. The van der Waals surface area contributed by atoms with Crippen LogP contribution in [0.4, 0.5) is 5.69 Å². The monoisotopic (exact) mass is 422 g/mol. The van der Waals surface area contributed by atoms with Gasteiger partial charge in [-0.15, -0.1) is 0 Å². The Morgan fingerprint density at radius 2 is 1.90 bits per heavy atom. The molecule has 0 fully saturated rings. The number of aromatic hydroxyl groups is 1. The summed E-state index contributed by atoms with van der Waals surface area (Å²) < 4.78 is 2.06. The summed E-state index contributed by atoms with van der Waals surface area (Å²) in [7, 11) is 0. The molecule has 0 radical (unpaired) electrons. The van der Waals surface area contributed by atoms with Gasteiger partial charge in [0, 0.05) is 34.2 Å². The van der Waals surface area contributed by atoms with E-state index in [9.17, 15) is 20.0 Å². The third kappa shape index (κ3) is 3.68. The quantitative estimate of drug-likeness (QED) is 0.369. The molecule has 2 aromatic heterocycles. The number of hydrogen-bond donors (Lipinski definition) is 2. The Kier molecular flexibility index (Phi) is 5.07. The van der Waals surface area contributed by atoms with Crippen LogP contribution in [0, 0.1) is 10.1 Å². The Morgan fingerprint density at radius 3 is 2.63 bits per heavy atom. The zero-order chi connectivity index (χ0) is 21.3. The minimum Gasteiger partial charge on any atom is -0.488 e. The van der Waals surface area contributed by atoms with E-state index in [4.69, 9.17) is 11.6 Å². The molecule has 0 bridgehead atoms. The van der Waals surface area contributed by atoms with Gasteiger partial charge in [0.2, 0.25) is 0 Å².